The van der Waals surface area contributed by atoms with Crippen LogP contribution in [0.4, 0.5) is 0 Å². The molecule has 0 aliphatic rings. The molecular formula is C6H19ClN4Pt-3. The van der Waals surface area contributed by atoms with E-state index in [0.29, 0.717) is 6.54 Å². The Hall–Kier alpha value is 0.818. The number of hydrogen-bond acceptors (Lipinski definition) is 1. The molecule has 0 aromatic heterocycles. The van der Waals surface area contributed by atoms with Crippen molar-refractivity contribution in [2.75, 3.05) is 13.1 Å². The molecule has 83 valence electrons. The van der Waals surface area contributed by atoms with Crippen molar-refractivity contribution < 1.29 is 18.8 Å². The van der Waals surface area contributed by atoms with E-state index in [1.807, 2.05) is 0 Å². The van der Waals surface area contributed by atoms with E-state index in [4.69, 9.17) is 11.5 Å². The SMILES string of the molecule is [Cl][Pt].[NH-]CCCCCCN.[NH2-].[NH2-]. The van der Waals surface area contributed by atoms with Crippen molar-refractivity contribution in [1.82, 2.24) is 0 Å². The van der Waals surface area contributed by atoms with Gasteiger partial charge in [0.2, 0.25) is 0 Å². The molecule has 0 amide bonds. The molecule has 0 spiro atoms. The van der Waals surface area contributed by atoms with Crippen LogP contribution in [0.1, 0.15) is 25.7 Å². The van der Waals surface area contributed by atoms with Crippen LogP contribution in [0.5, 0.6) is 0 Å². The van der Waals surface area contributed by atoms with Gasteiger partial charge in [-0.05, 0) is 13.0 Å². The van der Waals surface area contributed by atoms with Gasteiger partial charge in [0.05, 0.1) is 0 Å². The van der Waals surface area contributed by atoms with Crippen LogP contribution in [0.15, 0.2) is 0 Å². The summed E-state index contributed by atoms with van der Waals surface area (Å²) in [4.78, 5) is 0. The van der Waals surface area contributed by atoms with Crippen molar-refractivity contribution >= 4 is 9.42 Å². The molecule has 0 fully saturated rings. The van der Waals surface area contributed by atoms with E-state index < -0.39 is 0 Å². The number of nitrogens with one attached hydrogen (secondary N) is 1. The molecule has 0 aromatic rings. The van der Waals surface area contributed by atoms with Crippen LogP contribution in [0.3, 0.4) is 0 Å². The first-order chi connectivity index (χ1) is 4.91. The molecular weight excluding hydrogens is 359 g/mol. The first-order valence-corrected chi connectivity index (χ1v) is 6.20. The van der Waals surface area contributed by atoms with Crippen molar-refractivity contribution in [3.63, 3.8) is 0 Å². The molecule has 0 radical (unpaired) electrons. The fourth-order valence-electron chi connectivity index (χ4n) is 0.623. The fraction of sp³-hybridized carbons (Fsp3) is 1.00. The van der Waals surface area contributed by atoms with Gasteiger partial charge >= 0.3 is 28.2 Å². The molecule has 0 heterocycles. The van der Waals surface area contributed by atoms with Gasteiger partial charge in [-0.25, -0.2) is 0 Å². The summed E-state index contributed by atoms with van der Waals surface area (Å²) in [5.41, 5.74) is 12.1. The van der Waals surface area contributed by atoms with Gasteiger partial charge in [0.1, 0.15) is 0 Å². The van der Waals surface area contributed by atoms with Crippen LogP contribution in [0, 0.1) is 0 Å². The summed E-state index contributed by atoms with van der Waals surface area (Å²) >= 11 is 1.61. The Morgan fingerprint density at radius 1 is 1.00 bits per heavy atom. The summed E-state index contributed by atoms with van der Waals surface area (Å²) in [5, 5.41) is 0. The zero-order valence-electron chi connectivity index (χ0n) is 7.17. The minimum Gasteiger partial charge on any atom is -0.693 e. The van der Waals surface area contributed by atoms with E-state index in [9.17, 15) is 0 Å². The van der Waals surface area contributed by atoms with Gasteiger partial charge < -0.3 is 23.8 Å². The average molecular weight is 378 g/mol. The summed E-state index contributed by atoms with van der Waals surface area (Å²) in [5.74, 6) is 0. The molecule has 0 atom stereocenters. The minimum atomic E-state index is 0. The normalized spacial score (nSPS) is 7.08. The first kappa shape index (κ1) is 23.0. The van der Waals surface area contributed by atoms with E-state index in [2.05, 4.69) is 9.42 Å². The summed E-state index contributed by atoms with van der Waals surface area (Å²) in [6, 6.07) is 0. The molecule has 0 bridgehead atoms. The Balaban J connectivity index is -0.0000000740. The van der Waals surface area contributed by atoms with Crippen molar-refractivity contribution in [1.29, 1.82) is 0 Å². The smallest absolute Gasteiger partial charge is 0.00773 e. The molecule has 4 nitrogen and oxygen atoms in total. The monoisotopic (exact) mass is 377 g/mol. The van der Waals surface area contributed by atoms with Crippen molar-refractivity contribution in [3.8, 4) is 0 Å². The van der Waals surface area contributed by atoms with Crippen LogP contribution < -0.4 is 5.73 Å². The maximum absolute atomic E-state index is 6.81. The summed E-state index contributed by atoms with van der Waals surface area (Å²) in [6.45, 7) is 1.38. The number of halogens is 1. The average Bonchev–Trinajstić information content (AvgIpc) is 2.02. The predicted octanol–water partition coefficient (Wildman–Crippen LogP) is 3.68. The summed E-state index contributed by atoms with van der Waals surface area (Å²) in [7, 11) is 4.61. The predicted molar refractivity (Wildman–Crippen MR) is 53.1 cm³/mol. The molecule has 7 N–H and O–H groups in total. The molecule has 0 aromatic carbocycles. The van der Waals surface area contributed by atoms with Gasteiger partial charge in [0.25, 0.3) is 0 Å². The Morgan fingerprint density at radius 2 is 1.42 bits per heavy atom. The van der Waals surface area contributed by atoms with Gasteiger partial charge in [-0.2, -0.15) is 6.54 Å². The summed E-state index contributed by atoms with van der Waals surface area (Å²) in [6.07, 6.45) is 4.55. The number of unbranched alkanes of at least 4 members (excludes halogenated alkanes) is 3. The number of hydrogen-bond donors (Lipinski definition) is 1. The van der Waals surface area contributed by atoms with Crippen LogP contribution in [-0.4, -0.2) is 13.1 Å². The maximum atomic E-state index is 6.81. The Labute approximate surface area is 90.8 Å². The van der Waals surface area contributed by atoms with Crippen molar-refractivity contribution in [2.24, 2.45) is 5.73 Å². The van der Waals surface area contributed by atoms with Crippen LogP contribution in [0.25, 0.3) is 18.0 Å². The third-order valence-corrected chi connectivity index (χ3v) is 1.13. The second-order valence-electron chi connectivity index (χ2n) is 1.95. The molecule has 0 unspecified atom stereocenters. The molecule has 0 saturated heterocycles. The van der Waals surface area contributed by atoms with E-state index >= 15 is 0 Å². The van der Waals surface area contributed by atoms with E-state index in [1.54, 1.807) is 18.8 Å². The third kappa shape index (κ3) is 30.8. The Morgan fingerprint density at radius 3 is 1.75 bits per heavy atom. The topological polar surface area (TPSA) is 117 Å². The molecule has 0 aliphatic heterocycles. The van der Waals surface area contributed by atoms with E-state index in [-0.39, 0.29) is 12.3 Å². The van der Waals surface area contributed by atoms with Gasteiger partial charge in [-0.15, -0.1) is 0 Å². The van der Waals surface area contributed by atoms with Gasteiger partial charge in [-0.1, -0.05) is 19.3 Å². The minimum absolute atomic E-state index is 0. The van der Waals surface area contributed by atoms with E-state index in [1.165, 1.54) is 12.8 Å². The second-order valence-corrected chi connectivity index (χ2v) is 1.95. The van der Waals surface area contributed by atoms with Crippen LogP contribution >= 0.6 is 9.42 Å². The maximum Gasteiger partial charge on any atom is -0.00773 e. The second kappa shape index (κ2) is 29.8. The molecule has 0 aliphatic carbocycles. The summed E-state index contributed by atoms with van der Waals surface area (Å²) < 4.78 is 0. The molecule has 0 saturated carbocycles. The van der Waals surface area contributed by atoms with Gasteiger partial charge in [0, 0.05) is 0 Å². The number of rotatable bonds is 5. The molecule has 0 rings (SSSR count). The Bertz CT molecular complexity index is 44.5. The van der Waals surface area contributed by atoms with Crippen LogP contribution in [-0.2, 0) is 18.8 Å². The standard InChI is InChI=1S/C6H15N2.ClH.2H2N.Pt/c7-5-3-1-2-4-6-8;;;;/h7H,1-6,8H2;1H;2*1H2;/q-1;;2*-1;+1/p-1. The van der Waals surface area contributed by atoms with Crippen LogP contribution in [0.2, 0.25) is 0 Å². The zero-order valence-corrected chi connectivity index (χ0v) is 10.2. The Kier molecular flexibility index (Phi) is 57.1. The quantitative estimate of drug-likeness (QED) is 0.723. The molecule has 6 heteroatoms. The fourth-order valence-corrected chi connectivity index (χ4v) is 0.623. The zero-order chi connectivity index (χ0) is 8.24. The van der Waals surface area contributed by atoms with Gasteiger partial charge in [0.15, 0.2) is 0 Å². The third-order valence-electron chi connectivity index (χ3n) is 1.13. The van der Waals surface area contributed by atoms with Gasteiger partial charge in [-0.3, -0.25) is 0 Å². The van der Waals surface area contributed by atoms with E-state index in [0.717, 1.165) is 19.4 Å². The van der Waals surface area contributed by atoms with Crippen molar-refractivity contribution in [3.05, 3.63) is 18.0 Å². The molecule has 12 heavy (non-hydrogen) atoms. The van der Waals surface area contributed by atoms with Crippen molar-refractivity contribution in [2.45, 2.75) is 25.7 Å². The largest absolute Gasteiger partial charge is 0.693 e. The first-order valence-electron chi connectivity index (χ1n) is 3.38. The number of nitrogens with two attached hydrogens (primary N) is 3.